The van der Waals surface area contributed by atoms with Gasteiger partial charge in [0.2, 0.25) is 5.91 Å². The van der Waals surface area contributed by atoms with Crippen LogP contribution in [0.25, 0.3) is 6.08 Å². The molecule has 0 aliphatic heterocycles. The highest BCUT2D eigenvalue weighted by Gasteiger charge is 2.05. The number of hydrazine groups is 1. The molecular formula is C20H21N3O3S. The van der Waals surface area contributed by atoms with Gasteiger partial charge in [0, 0.05) is 6.08 Å². The van der Waals surface area contributed by atoms with Crippen molar-refractivity contribution in [1.82, 2.24) is 16.2 Å². The number of hydrogen-bond acceptors (Lipinski definition) is 4. The number of thiocarbonyl (C=S) groups is 1. The maximum atomic E-state index is 11.8. The zero-order chi connectivity index (χ0) is 19.6. The Labute approximate surface area is 163 Å². The Balaban J connectivity index is 1.68. The number of nitrogens with one attached hydrogen (secondary N) is 3. The first kappa shape index (κ1) is 20.1. The topological polar surface area (TPSA) is 79.5 Å². The molecule has 3 N–H and O–H groups in total. The number of carbonyl (C=O) groups excluding carboxylic acids is 2. The predicted octanol–water partition coefficient (Wildman–Crippen LogP) is 2.42. The zero-order valence-corrected chi connectivity index (χ0v) is 15.9. The van der Waals surface area contributed by atoms with Crippen LogP contribution in [0, 0.1) is 13.8 Å². The molecule has 2 aromatic rings. The van der Waals surface area contributed by atoms with Crippen molar-refractivity contribution in [2.45, 2.75) is 13.8 Å². The minimum absolute atomic E-state index is 0.0164. The summed E-state index contributed by atoms with van der Waals surface area (Å²) in [5.74, 6) is -0.242. The van der Waals surface area contributed by atoms with E-state index >= 15 is 0 Å². The summed E-state index contributed by atoms with van der Waals surface area (Å²) in [6.45, 7) is 3.77. The molecule has 0 unspecified atom stereocenters. The van der Waals surface area contributed by atoms with E-state index in [0.29, 0.717) is 5.75 Å². The van der Waals surface area contributed by atoms with Crippen molar-refractivity contribution >= 4 is 35.2 Å². The van der Waals surface area contributed by atoms with Crippen LogP contribution in [0.5, 0.6) is 5.75 Å². The molecule has 0 fully saturated rings. The van der Waals surface area contributed by atoms with Crippen LogP contribution in [0.3, 0.4) is 0 Å². The fourth-order valence-corrected chi connectivity index (χ4v) is 2.13. The van der Waals surface area contributed by atoms with Crippen molar-refractivity contribution < 1.29 is 14.3 Å². The monoisotopic (exact) mass is 383 g/mol. The molecule has 2 amide bonds. The van der Waals surface area contributed by atoms with Crippen molar-refractivity contribution in [2.24, 2.45) is 0 Å². The molecule has 0 heterocycles. The number of ether oxygens (including phenoxy) is 1. The molecule has 6 nitrogen and oxygen atoms in total. The first-order valence-corrected chi connectivity index (χ1v) is 8.67. The molecule has 0 saturated carbocycles. The van der Waals surface area contributed by atoms with Crippen LogP contribution in [0.2, 0.25) is 0 Å². The fourth-order valence-electron chi connectivity index (χ4n) is 1.98. The lowest BCUT2D eigenvalue weighted by Gasteiger charge is -2.10. The maximum absolute atomic E-state index is 11.8. The summed E-state index contributed by atoms with van der Waals surface area (Å²) in [5, 5.41) is 2.42. The number of aryl methyl sites for hydroxylation is 2. The highest BCUT2D eigenvalue weighted by atomic mass is 32.1. The Morgan fingerprint density at radius 3 is 2.19 bits per heavy atom. The molecule has 2 aromatic carbocycles. The van der Waals surface area contributed by atoms with Gasteiger partial charge in [0.15, 0.2) is 11.7 Å². The summed E-state index contributed by atoms with van der Waals surface area (Å²) >= 11 is 4.96. The normalized spacial score (nSPS) is 10.3. The third-order valence-electron chi connectivity index (χ3n) is 3.45. The highest BCUT2D eigenvalue weighted by molar-refractivity contribution is 7.80. The Bertz CT molecular complexity index is 831. The number of rotatable bonds is 5. The number of hydrogen-bond donors (Lipinski definition) is 3. The van der Waals surface area contributed by atoms with Crippen LogP contribution in [0.4, 0.5) is 0 Å². The van der Waals surface area contributed by atoms with Gasteiger partial charge in [0.05, 0.1) is 0 Å². The van der Waals surface area contributed by atoms with Crippen molar-refractivity contribution in [2.75, 3.05) is 6.61 Å². The average molecular weight is 383 g/mol. The third-order valence-corrected chi connectivity index (χ3v) is 3.65. The molecule has 27 heavy (non-hydrogen) atoms. The van der Waals surface area contributed by atoms with E-state index in [2.05, 4.69) is 16.2 Å². The van der Waals surface area contributed by atoms with Gasteiger partial charge in [0.1, 0.15) is 5.75 Å². The third kappa shape index (κ3) is 7.70. The van der Waals surface area contributed by atoms with E-state index in [1.54, 1.807) is 18.2 Å². The molecule has 0 spiro atoms. The van der Waals surface area contributed by atoms with Gasteiger partial charge in [-0.05, 0) is 49.8 Å². The zero-order valence-electron chi connectivity index (χ0n) is 15.1. The molecule has 2 rings (SSSR count). The van der Waals surface area contributed by atoms with Crippen molar-refractivity contribution in [3.05, 3.63) is 71.3 Å². The summed E-state index contributed by atoms with van der Waals surface area (Å²) in [6.07, 6.45) is 3.03. The smallest absolute Gasteiger partial charge is 0.276 e. The first-order chi connectivity index (χ1) is 12.9. The standard InChI is InChI=1S/C20H21N3O3S/c1-14-3-7-16(8-4-14)9-12-18(24)21-20(27)23-22-19(25)13-26-17-10-5-15(2)6-11-17/h3-12H,13H2,1-2H3,(H,22,25)(H2,21,23,24,27). The van der Waals surface area contributed by atoms with Gasteiger partial charge in [-0.1, -0.05) is 47.5 Å². The van der Waals surface area contributed by atoms with E-state index < -0.39 is 11.8 Å². The molecule has 0 atom stereocenters. The van der Waals surface area contributed by atoms with E-state index in [0.717, 1.165) is 16.7 Å². The van der Waals surface area contributed by atoms with Crippen molar-refractivity contribution in [1.29, 1.82) is 0 Å². The van der Waals surface area contributed by atoms with Gasteiger partial charge < -0.3 is 4.74 Å². The molecule has 140 valence electrons. The van der Waals surface area contributed by atoms with Crippen LogP contribution >= 0.6 is 12.2 Å². The quantitative estimate of drug-likeness (QED) is 0.420. The Hall–Kier alpha value is -3.19. The number of amides is 2. The van der Waals surface area contributed by atoms with Crippen LogP contribution in [-0.2, 0) is 9.59 Å². The molecular weight excluding hydrogens is 362 g/mol. The lowest BCUT2D eigenvalue weighted by molar-refractivity contribution is -0.123. The second-order valence-corrected chi connectivity index (χ2v) is 6.25. The summed E-state index contributed by atoms with van der Waals surface area (Å²) in [4.78, 5) is 23.5. The lowest BCUT2D eigenvalue weighted by atomic mass is 10.1. The maximum Gasteiger partial charge on any atom is 0.276 e. The second-order valence-electron chi connectivity index (χ2n) is 5.84. The Morgan fingerprint density at radius 2 is 1.56 bits per heavy atom. The SMILES string of the molecule is Cc1ccc(C=CC(=O)NC(=S)NNC(=O)COc2ccc(C)cc2)cc1. The summed E-state index contributed by atoms with van der Waals surface area (Å²) in [6, 6.07) is 15.1. The predicted molar refractivity (Wildman–Crippen MR) is 109 cm³/mol. The van der Waals surface area contributed by atoms with Crippen LogP contribution in [0.15, 0.2) is 54.6 Å². The van der Waals surface area contributed by atoms with E-state index in [4.69, 9.17) is 17.0 Å². The minimum Gasteiger partial charge on any atom is -0.484 e. The van der Waals surface area contributed by atoms with Gasteiger partial charge >= 0.3 is 0 Å². The molecule has 0 aliphatic carbocycles. The molecule has 0 radical (unpaired) electrons. The van der Waals surface area contributed by atoms with Gasteiger partial charge in [-0.15, -0.1) is 0 Å². The van der Waals surface area contributed by atoms with E-state index in [1.807, 2.05) is 50.2 Å². The molecule has 7 heteroatoms. The molecule has 0 aliphatic rings. The van der Waals surface area contributed by atoms with Crippen LogP contribution < -0.4 is 20.9 Å². The van der Waals surface area contributed by atoms with Crippen molar-refractivity contribution in [3.8, 4) is 5.75 Å². The molecule has 0 saturated heterocycles. The van der Waals surface area contributed by atoms with E-state index in [9.17, 15) is 9.59 Å². The lowest BCUT2D eigenvalue weighted by Crippen LogP contribution is -2.49. The van der Waals surface area contributed by atoms with Gasteiger partial charge in [-0.2, -0.15) is 0 Å². The largest absolute Gasteiger partial charge is 0.484 e. The Morgan fingerprint density at radius 1 is 0.963 bits per heavy atom. The van der Waals surface area contributed by atoms with Gasteiger partial charge in [-0.3, -0.25) is 25.8 Å². The van der Waals surface area contributed by atoms with Gasteiger partial charge in [0.25, 0.3) is 5.91 Å². The summed E-state index contributed by atoms with van der Waals surface area (Å²) in [7, 11) is 0. The number of benzene rings is 2. The average Bonchev–Trinajstić information content (AvgIpc) is 2.65. The minimum atomic E-state index is -0.428. The number of carbonyl (C=O) groups is 2. The summed E-state index contributed by atoms with van der Waals surface area (Å²) in [5.41, 5.74) is 7.95. The summed E-state index contributed by atoms with van der Waals surface area (Å²) < 4.78 is 5.34. The van der Waals surface area contributed by atoms with Gasteiger partial charge in [-0.25, -0.2) is 0 Å². The highest BCUT2D eigenvalue weighted by Crippen LogP contribution is 2.10. The van der Waals surface area contributed by atoms with Crippen LogP contribution in [-0.4, -0.2) is 23.5 Å². The van der Waals surface area contributed by atoms with Crippen molar-refractivity contribution in [3.63, 3.8) is 0 Å². The van der Waals surface area contributed by atoms with E-state index in [1.165, 1.54) is 6.08 Å². The second kappa shape index (κ2) is 10.1. The van der Waals surface area contributed by atoms with E-state index in [-0.39, 0.29) is 11.7 Å². The van der Waals surface area contributed by atoms with Crippen LogP contribution in [0.1, 0.15) is 16.7 Å². The Kier molecular flexibility index (Phi) is 7.51. The first-order valence-electron chi connectivity index (χ1n) is 8.26. The fraction of sp³-hybridized carbons (Fsp3) is 0.150. The molecule has 0 aromatic heterocycles. The molecule has 0 bridgehead atoms.